The molecule has 0 aliphatic carbocycles. The van der Waals surface area contributed by atoms with Gasteiger partial charge < -0.3 is 29.9 Å². The Kier molecular flexibility index (Phi) is 11.6. The summed E-state index contributed by atoms with van der Waals surface area (Å²) in [6.45, 7) is 1.15. The van der Waals surface area contributed by atoms with Crippen molar-refractivity contribution < 1.29 is 34.4 Å². The summed E-state index contributed by atoms with van der Waals surface area (Å²) in [4.78, 5) is 39.9. The molecule has 0 heterocycles. The highest BCUT2D eigenvalue weighted by Gasteiger charge is 2.24. The predicted molar refractivity (Wildman–Crippen MR) is 105 cm³/mol. The van der Waals surface area contributed by atoms with Crippen molar-refractivity contribution >= 4 is 17.8 Å². The van der Waals surface area contributed by atoms with E-state index in [4.69, 9.17) is 14.9 Å². The lowest BCUT2D eigenvalue weighted by molar-refractivity contribution is -0.144. The van der Waals surface area contributed by atoms with Gasteiger partial charge in [0.05, 0.1) is 37.5 Å². The molecule has 0 aliphatic heterocycles. The van der Waals surface area contributed by atoms with Crippen molar-refractivity contribution in [3.8, 4) is 0 Å². The van der Waals surface area contributed by atoms with Crippen LogP contribution in [0.4, 0.5) is 0 Å². The van der Waals surface area contributed by atoms with E-state index in [1.807, 2.05) is 6.92 Å². The number of aliphatic hydroxyl groups excluding tert-OH is 3. The third-order valence-electron chi connectivity index (χ3n) is 4.15. The van der Waals surface area contributed by atoms with Crippen molar-refractivity contribution in [1.82, 2.24) is 9.80 Å². The molecule has 0 atom stereocenters. The van der Waals surface area contributed by atoms with E-state index >= 15 is 0 Å². The summed E-state index contributed by atoms with van der Waals surface area (Å²) in [5.74, 6) is -1.33. The van der Waals surface area contributed by atoms with Crippen molar-refractivity contribution in [1.29, 1.82) is 0 Å². The van der Waals surface area contributed by atoms with E-state index in [0.29, 0.717) is 6.42 Å². The summed E-state index contributed by atoms with van der Waals surface area (Å²) in [5, 5.41) is 27.6. The molecular weight excluding hydrogens is 380 g/mol. The van der Waals surface area contributed by atoms with Gasteiger partial charge >= 0.3 is 5.97 Å². The number of esters is 1. The van der Waals surface area contributed by atoms with Crippen LogP contribution in [0.25, 0.3) is 0 Å². The summed E-state index contributed by atoms with van der Waals surface area (Å²) in [7, 11) is 0. The second-order valence-electron chi connectivity index (χ2n) is 6.27. The molecule has 0 radical (unpaired) electrons. The van der Waals surface area contributed by atoms with Gasteiger partial charge in [-0.1, -0.05) is 19.1 Å². The summed E-state index contributed by atoms with van der Waals surface area (Å²) in [6, 6.07) is 6.22. The van der Waals surface area contributed by atoms with Gasteiger partial charge in [0.2, 0.25) is 0 Å². The SMILES string of the molecule is CCCC(=O)OCCN(CCO)C(=O)c1ccccc1C(=O)N(CCO)CCO. The van der Waals surface area contributed by atoms with Gasteiger partial charge in [0.25, 0.3) is 11.8 Å². The Balaban J connectivity index is 3.00. The maximum Gasteiger partial charge on any atom is 0.305 e. The minimum absolute atomic E-state index is 0.0121. The molecule has 162 valence electrons. The van der Waals surface area contributed by atoms with Crippen molar-refractivity contribution in [2.24, 2.45) is 0 Å². The van der Waals surface area contributed by atoms with Crippen LogP contribution in [-0.2, 0) is 9.53 Å². The van der Waals surface area contributed by atoms with Crippen LogP contribution >= 0.6 is 0 Å². The minimum Gasteiger partial charge on any atom is -0.464 e. The van der Waals surface area contributed by atoms with Crippen LogP contribution in [0.2, 0.25) is 0 Å². The van der Waals surface area contributed by atoms with Crippen LogP contribution in [0.5, 0.6) is 0 Å². The first-order chi connectivity index (χ1) is 14.0. The molecule has 0 bridgehead atoms. The van der Waals surface area contributed by atoms with Gasteiger partial charge in [0, 0.05) is 26.1 Å². The molecule has 9 heteroatoms. The molecule has 1 aromatic rings. The Morgan fingerprint density at radius 1 is 0.828 bits per heavy atom. The zero-order valence-corrected chi connectivity index (χ0v) is 16.7. The third-order valence-corrected chi connectivity index (χ3v) is 4.15. The van der Waals surface area contributed by atoms with E-state index < -0.39 is 11.8 Å². The smallest absolute Gasteiger partial charge is 0.305 e. The molecule has 0 aliphatic rings. The summed E-state index contributed by atoms with van der Waals surface area (Å²) in [5.41, 5.74) is 0.261. The van der Waals surface area contributed by atoms with Gasteiger partial charge in [-0.25, -0.2) is 0 Å². The highest BCUT2D eigenvalue weighted by Crippen LogP contribution is 2.15. The first-order valence-corrected chi connectivity index (χ1v) is 9.65. The maximum atomic E-state index is 13.0. The fraction of sp³-hybridized carbons (Fsp3) is 0.550. The van der Waals surface area contributed by atoms with Crippen LogP contribution in [0.15, 0.2) is 24.3 Å². The molecule has 0 unspecified atom stereocenters. The number of carbonyl (C=O) groups excluding carboxylic acids is 3. The molecule has 0 saturated heterocycles. The van der Waals surface area contributed by atoms with E-state index in [9.17, 15) is 19.5 Å². The third kappa shape index (κ3) is 7.80. The standard InChI is InChI=1S/C20H30N2O7/c1-2-5-18(26)29-15-11-22(10-14-25)20(28)17-7-4-3-6-16(17)19(27)21(8-12-23)9-13-24/h3-4,6-7,23-25H,2,5,8-15H2,1H3. The minimum atomic E-state index is -0.490. The number of rotatable bonds is 13. The van der Waals surface area contributed by atoms with Gasteiger partial charge in [-0.3, -0.25) is 14.4 Å². The molecule has 29 heavy (non-hydrogen) atoms. The Bertz CT molecular complexity index is 660. The number of aliphatic hydroxyl groups is 3. The van der Waals surface area contributed by atoms with E-state index in [2.05, 4.69) is 0 Å². The molecule has 0 fully saturated rings. The molecule has 1 rings (SSSR count). The Morgan fingerprint density at radius 2 is 1.28 bits per heavy atom. The zero-order valence-electron chi connectivity index (χ0n) is 16.7. The van der Waals surface area contributed by atoms with Crippen LogP contribution in [0, 0.1) is 0 Å². The van der Waals surface area contributed by atoms with Crippen molar-refractivity contribution in [2.45, 2.75) is 19.8 Å². The monoisotopic (exact) mass is 410 g/mol. The van der Waals surface area contributed by atoms with Gasteiger partial charge in [-0.15, -0.1) is 0 Å². The van der Waals surface area contributed by atoms with Gasteiger partial charge in [-0.05, 0) is 18.6 Å². The number of ether oxygens (including phenoxy) is 1. The number of nitrogens with zero attached hydrogens (tertiary/aromatic N) is 2. The van der Waals surface area contributed by atoms with Gasteiger partial charge in [-0.2, -0.15) is 0 Å². The Hall–Kier alpha value is -2.49. The normalized spacial score (nSPS) is 10.5. The molecule has 0 aromatic heterocycles. The van der Waals surface area contributed by atoms with Crippen molar-refractivity contribution in [2.75, 3.05) is 52.6 Å². The van der Waals surface area contributed by atoms with Crippen LogP contribution in [0.3, 0.4) is 0 Å². The first-order valence-electron chi connectivity index (χ1n) is 9.65. The largest absolute Gasteiger partial charge is 0.464 e. The number of amides is 2. The summed E-state index contributed by atoms with van der Waals surface area (Å²) in [6.07, 6.45) is 0.947. The van der Waals surface area contributed by atoms with Crippen LogP contribution in [0.1, 0.15) is 40.5 Å². The average Bonchev–Trinajstić information content (AvgIpc) is 2.72. The first kappa shape index (κ1) is 24.5. The Labute approximate surface area is 170 Å². The molecule has 2 amide bonds. The Morgan fingerprint density at radius 3 is 1.69 bits per heavy atom. The number of carbonyl (C=O) groups is 3. The van der Waals surface area contributed by atoms with Crippen molar-refractivity contribution in [3.05, 3.63) is 35.4 Å². The summed E-state index contributed by atoms with van der Waals surface area (Å²) >= 11 is 0. The fourth-order valence-corrected chi connectivity index (χ4v) is 2.73. The molecule has 1 aromatic carbocycles. The molecule has 3 N–H and O–H groups in total. The topological polar surface area (TPSA) is 128 Å². The number of hydrogen-bond donors (Lipinski definition) is 3. The molecule has 0 saturated carbocycles. The van der Waals surface area contributed by atoms with Gasteiger partial charge in [0.15, 0.2) is 0 Å². The maximum absolute atomic E-state index is 13.0. The van der Waals surface area contributed by atoms with E-state index in [1.165, 1.54) is 21.9 Å². The predicted octanol–water partition coefficient (Wildman–Crippen LogP) is -0.109. The lowest BCUT2D eigenvalue weighted by atomic mass is 10.0. The zero-order chi connectivity index (χ0) is 21.6. The highest BCUT2D eigenvalue weighted by atomic mass is 16.5. The van der Waals surface area contributed by atoms with E-state index in [0.717, 1.165) is 0 Å². The van der Waals surface area contributed by atoms with Gasteiger partial charge in [0.1, 0.15) is 6.61 Å². The lowest BCUT2D eigenvalue weighted by Gasteiger charge is -2.25. The van der Waals surface area contributed by atoms with Crippen LogP contribution < -0.4 is 0 Å². The van der Waals surface area contributed by atoms with E-state index in [1.54, 1.807) is 12.1 Å². The molecular formula is C20H30N2O7. The summed E-state index contributed by atoms with van der Waals surface area (Å²) < 4.78 is 5.08. The fourth-order valence-electron chi connectivity index (χ4n) is 2.73. The second-order valence-corrected chi connectivity index (χ2v) is 6.27. The molecule has 0 spiro atoms. The van der Waals surface area contributed by atoms with Crippen LogP contribution in [-0.4, -0.2) is 95.5 Å². The number of benzene rings is 1. The average molecular weight is 410 g/mol. The van der Waals surface area contributed by atoms with Crippen molar-refractivity contribution in [3.63, 3.8) is 0 Å². The quantitative estimate of drug-likeness (QED) is 0.387. The lowest BCUT2D eigenvalue weighted by Crippen LogP contribution is -2.40. The second kappa shape index (κ2) is 13.6. The van der Waals surface area contributed by atoms with E-state index in [-0.39, 0.29) is 76.1 Å². The number of hydrogen-bond acceptors (Lipinski definition) is 7. The highest BCUT2D eigenvalue weighted by molar-refractivity contribution is 6.07. The molecule has 9 nitrogen and oxygen atoms in total.